The van der Waals surface area contributed by atoms with Gasteiger partial charge in [0.15, 0.2) is 0 Å². The molecule has 0 heterocycles. The van der Waals surface area contributed by atoms with Crippen LogP contribution in [0.4, 0.5) is 13.2 Å². The van der Waals surface area contributed by atoms with Crippen molar-refractivity contribution in [3.8, 4) is 0 Å². The highest BCUT2D eigenvalue weighted by Gasteiger charge is 2.27. The van der Waals surface area contributed by atoms with Crippen molar-refractivity contribution in [2.45, 2.75) is 18.7 Å². The smallest absolute Gasteiger partial charge is 0.390 e. The summed E-state index contributed by atoms with van der Waals surface area (Å²) in [6, 6.07) is 0. The monoisotopic (exact) mass is 201 g/mol. The zero-order valence-corrected chi connectivity index (χ0v) is 7.38. The standard InChI is InChI=1S/C7H14F3NO2/c1-11(4-6(13)5-12)3-2-7(8,9)10/h6,12-13H,2-5H2,1H3. The van der Waals surface area contributed by atoms with Crippen LogP contribution in [0.2, 0.25) is 0 Å². The maximum Gasteiger partial charge on any atom is 0.390 e. The Morgan fingerprint density at radius 3 is 2.31 bits per heavy atom. The van der Waals surface area contributed by atoms with Gasteiger partial charge in [0.1, 0.15) is 0 Å². The summed E-state index contributed by atoms with van der Waals surface area (Å²) in [4.78, 5) is 1.33. The third-order valence-corrected chi connectivity index (χ3v) is 1.51. The van der Waals surface area contributed by atoms with Crippen LogP contribution in [-0.2, 0) is 0 Å². The predicted molar refractivity (Wildman–Crippen MR) is 41.3 cm³/mol. The topological polar surface area (TPSA) is 43.7 Å². The lowest BCUT2D eigenvalue weighted by molar-refractivity contribution is -0.138. The zero-order valence-electron chi connectivity index (χ0n) is 7.38. The minimum atomic E-state index is -4.17. The molecule has 2 N–H and O–H groups in total. The average molecular weight is 201 g/mol. The summed E-state index contributed by atoms with van der Waals surface area (Å²) in [5.74, 6) is 0. The Hall–Kier alpha value is -0.330. The maximum atomic E-state index is 11.7. The minimum absolute atomic E-state index is 0.0482. The summed E-state index contributed by atoms with van der Waals surface area (Å²) in [5.41, 5.74) is 0. The molecular formula is C7H14F3NO2. The van der Waals surface area contributed by atoms with Crippen molar-refractivity contribution in [2.24, 2.45) is 0 Å². The van der Waals surface area contributed by atoms with E-state index in [0.717, 1.165) is 0 Å². The van der Waals surface area contributed by atoms with E-state index < -0.39 is 25.3 Å². The Morgan fingerprint density at radius 1 is 1.38 bits per heavy atom. The quantitative estimate of drug-likeness (QED) is 0.669. The van der Waals surface area contributed by atoms with Crippen LogP contribution < -0.4 is 0 Å². The van der Waals surface area contributed by atoms with Crippen molar-refractivity contribution in [3.63, 3.8) is 0 Å². The van der Waals surface area contributed by atoms with Gasteiger partial charge in [-0.1, -0.05) is 0 Å². The van der Waals surface area contributed by atoms with Crippen LogP contribution in [0.3, 0.4) is 0 Å². The van der Waals surface area contributed by atoms with Gasteiger partial charge in [-0.2, -0.15) is 13.2 Å². The van der Waals surface area contributed by atoms with Gasteiger partial charge in [0.2, 0.25) is 0 Å². The third kappa shape index (κ3) is 8.01. The number of nitrogens with zero attached hydrogens (tertiary/aromatic N) is 1. The van der Waals surface area contributed by atoms with Gasteiger partial charge in [-0.15, -0.1) is 0 Å². The van der Waals surface area contributed by atoms with Gasteiger partial charge in [-0.3, -0.25) is 0 Å². The Balaban J connectivity index is 3.57. The summed E-state index contributed by atoms with van der Waals surface area (Å²) in [6.45, 7) is -0.552. The van der Waals surface area contributed by atoms with Crippen molar-refractivity contribution in [2.75, 3.05) is 26.7 Å². The molecule has 0 spiro atoms. The van der Waals surface area contributed by atoms with Gasteiger partial charge in [0.05, 0.1) is 19.1 Å². The van der Waals surface area contributed by atoms with Gasteiger partial charge >= 0.3 is 6.18 Å². The van der Waals surface area contributed by atoms with Crippen molar-refractivity contribution < 1.29 is 23.4 Å². The molecule has 0 saturated heterocycles. The van der Waals surface area contributed by atoms with Crippen molar-refractivity contribution >= 4 is 0 Å². The van der Waals surface area contributed by atoms with Crippen molar-refractivity contribution in [3.05, 3.63) is 0 Å². The summed E-state index contributed by atoms with van der Waals surface area (Å²) < 4.78 is 35.1. The summed E-state index contributed by atoms with van der Waals surface area (Å²) in [7, 11) is 1.46. The van der Waals surface area contributed by atoms with Crippen LogP contribution in [0.15, 0.2) is 0 Å². The number of hydrogen-bond donors (Lipinski definition) is 2. The number of aliphatic hydroxyl groups excluding tert-OH is 2. The Morgan fingerprint density at radius 2 is 1.92 bits per heavy atom. The van der Waals surface area contributed by atoms with E-state index in [2.05, 4.69) is 0 Å². The molecule has 0 aromatic rings. The second kappa shape index (κ2) is 5.41. The molecular weight excluding hydrogens is 187 g/mol. The van der Waals surface area contributed by atoms with E-state index in [4.69, 9.17) is 10.2 Å². The first-order valence-electron chi connectivity index (χ1n) is 3.89. The molecule has 3 nitrogen and oxygen atoms in total. The highest BCUT2D eigenvalue weighted by molar-refractivity contribution is 4.61. The maximum absolute atomic E-state index is 11.7. The molecule has 0 amide bonds. The minimum Gasteiger partial charge on any atom is -0.394 e. The molecule has 0 aliphatic rings. The molecule has 0 fully saturated rings. The Labute approximate surface area is 74.8 Å². The fraction of sp³-hybridized carbons (Fsp3) is 1.00. The zero-order chi connectivity index (χ0) is 10.5. The van der Waals surface area contributed by atoms with E-state index in [1.807, 2.05) is 0 Å². The van der Waals surface area contributed by atoms with E-state index >= 15 is 0 Å². The lowest BCUT2D eigenvalue weighted by atomic mass is 10.3. The molecule has 0 bridgehead atoms. The SMILES string of the molecule is CN(CCC(F)(F)F)CC(O)CO. The van der Waals surface area contributed by atoms with Crippen molar-refractivity contribution in [1.29, 1.82) is 0 Å². The van der Waals surface area contributed by atoms with Gasteiger partial charge in [0.25, 0.3) is 0 Å². The molecule has 1 atom stereocenters. The third-order valence-electron chi connectivity index (χ3n) is 1.51. The van der Waals surface area contributed by atoms with E-state index in [1.54, 1.807) is 0 Å². The number of hydrogen-bond acceptors (Lipinski definition) is 3. The molecule has 1 unspecified atom stereocenters. The lowest BCUT2D eigenvalue weighted by Gasteiger charge is -2.19. The molecule has 13 heavy (non-hydrogen) atoms. The van der Waals surface area contributed by atoms with Crippen LogP contribution in [0.5, 0.6) is 0 Å². The molecule has 0 radical (unpaired) electrons. The summed E-state index contributed by atoms with van der Waals surface area (Å²) >= 11 is 0. The number of aliphatic hydroxyl groups is 2. The molecule has 0 aliphatic carbocycles. The first kappa shape index (κ1) is 12.7. The number of alkyl halides is 3. The molecule has 0 aromatic heterocycles. The van der Waals surface area contributed by atoms with Gasteiger partial charge in [0, 0.05) is 13.1 Å². The van der Waals surface area contributed by atoms with Gasteiger partial charge in [-0.25, -0.2) is 0 Å². The number of rotatable bonds is 5. The van der Waals surface area contributed by atoms with E-state index in [-0.39, 0.29) is 13.1 Å². The van der Waals surface area contributed by atoms with E-state index in [1.165, 1.54) is 11.9 Å². The van der Waals surface area contributed by atoms with Crippen molar-refractivity contribution in [1.82, 2.24) is 4.90 Å². The largest absolute Gasteiger partial charge is 0.394 e. The fourth-order valence-corrected chi connectivity index (χ4v) is 0.826. The lowest BCUT2D eigenvalue weighted by Crippen LogP contribution is -2.33. The molecule has 80 valence electrons. The summed E-state index contributed by atoms with van der Waals surface area (Å²) in [6.07, 6.45) is -6.04. The highest BCUT2D eigenvalue weighted by atomic mass is 19.4. The van der Waals surface area contributed by atoms with Crippen LogP contribution >= 0.6 is 0 Å². The Bertz CT molecular complexity index is 140. The number of halogens is 3. The second-order valence-corrected chi connectivity index (χ2v) is 2.96. The van der Waals surface area contributed by atoms with Crippen LogP contribution in [0.1, 0.15) is 6.42 Å². The first-order valence-corrected chi connectivity index (χ1v) is 3.89. The number of likely N-dealkylation sites (N-methyl/N-ethyl adjacent to an activating group) is 1. The molecule has 0 saturated carbocycles. The molecule has 0 aliphatic heterocycles. The highest BCUT2D eigenvalue weighted by Crippen LogP contribution is 2.19. The van der Waals surface area contributed by atoms with Gasteiger partial charge < -0.3 is 15.1 Å². The average Bonchev–Trinajstić information content (AvgIpc) is 1.99. The van der Waals surface area contributed by atoms with Crippen LogP contribution in [0.25, 0.3) is 0 Å². The van der Waals surface area contributed by atoms with E-state index in [9.17, 15) is 13.2 Å². The van der Waals surface area contributed by atoms with Gasteiger partial charge in [-0.05, 0) is 7.05 Å². The normalized spacial score (nSPS) is 15.0. The van der Waals surface area contributed by atoms with E-state index in [0.29, 0.717) is 0 Å². The van der Waals surface area contributed by atoms with Crippen LogP contribution in [-0.4, -0.2) is 54.1 Å². The fourth-order valence-electron chi connectivity index (χ4n) is 0.826. The molecule has 0 rings (SSSR count). The second-order valence-electron chi connectivity index (χ2n) is 2.96. The molecule has 6 heteroatoms. The molecule has 0 aromatic carbocycles. The van der Waals surface area contributed by atoms with Crippen LogP contribution in [0, 0.1) is 0 Å². The Kier molecular flexibility index (Phi) is 5.27. The first-order chi connectivity index (χ1) is 5.85. The summed E-state index contributed by atoms with van der Waals surface area (Å²) in [5, 5.41) is 17.3. The predicted octanol–water partition coefficient (Wildman–Crippen LogP) is 0.224.